The number of aliphatic hydroxyl groups is 1. The van der Waals surface area contributed by atoms with Crippen LogP contribution in [0.1, 0.15) is 39.0 Å². The Hall–Kier alpha value is -3.46. The molecule has 1 aliphatic rings. The van der Waals surface area contributed by atoms with Gasteiger partial charge in [-0.15, -0.1) is 0 Å². The first-order chi connectivity index (χ1) is 15.8. The number of primary amides is 1. The van der Waals surface area contributed by atoms with E-state index >= 15 is 0 Å². The number of carboxylic acid groups (broad SMARTS) is 1. The maximum Gasteiger partial charge on any atom is 0.326 e. The van der Waals surface area contributed by atoms with Gasteiger partial charge in [-0.1, -0.05) is 0 Å². The Balaban J connectivity index is 2.89. The van der Waals surface area contributed by atoms with Gasteiger partial charge in [0.2, 0.25) is 23.6 Å². The fourth-order valence-corrected chi connectivity index (χ4v) is 3.41. The number of hydrogen-bond donors (Lipinski definition) is 8. The highest BCUT2D eigenvalue weighted by Crippen LogP contribution is 2.19. The van der Waals surface area contributed by atoms with E-state index < -0.39 is 66.3 Å². The molecule has 0 radical (unpaired) electrons. The summed E-state index contributed by atoms with van der Waals surface area (Å²) in [5.74, 6) is -4.69. The summed E-state index contributed by atoms with van der Waals surface area (Å²) in [5, 5.41) is 23.6. The van der Waals surface area contributed by atoms with Gasteiger partial charge in [-0.25, -0.2) is 4.79 Å². The van der Waals surface area contributed by atoms with Gasteiger partial charge in [0.1, 0.15) is 24.2 Å². The number of nitrogens with two attached hydrogens (primary N) is 4. The second-order valence-corrected chi connectivity index (χ2v) is 8.04. The summed E-state index contributed by atoms with van der Waals surface area (Å²) in [4.78, 5) is 66.0. The van der Waals surface area contributed by atoms with Crippen LogP contribution in [0.3, 0.4) is 0 Å². The highest BCUT2D eigenvalue weighted by Gasteiger charge is 2.39. The molecule has 0 aromatic rings. The van der Waals surface area contributed by atoms with Crippen molar-refractivity contribution in [2.45, 2.75) is 69.3 Å². The third-order valence-electron chi connectivity index (χ3n) is 5.24. The van der Waals surface area contributed by atoms with Gasteiger partial charge in [0, 0.05) is 13.1 Å². The van der Waals surface area contributed by atoms with Crippen molar-refractivity contribution in [3.05, 3.63) is 0 Å². The summed E-state index contributed by atoms with van der Waals surface area (Å²) in [6, 6.07) is -5.00. The number of guanidine groups is 1. The Morgan fingerprint density at radius 1 is 1.12 bits per heavy atom. The maximum atomic E-state index is 12.8. The van der Waals surface area contributed by atoms with Crippen LogP contribution < -0.4 is 33.6 Å². The Bertz CT molecular complexity index is 800. The molecule has 12 N–H and O–H groups in total. The molecule has 1 heterocycles. The summed E-state index contributed by atoms with van der Waals surface area (Å²) >= 11 is 0. The van der Waals surface area contributed by atoms with Gasteiger partial charge in [0.15, 0.2) is 5.96 Å². The average molecular weight is 487 g/mol. The zero-order valence-corrected chi connectivity index (χ0v) is 19.0. The molecule has 5 atom stereocenters. The van der Waals surface area contributed by atoms with Crippen molar-refractivity contribution in [1.29, 1.82) is 0 Å². The molecule has 5 unspecified atom stereocenters. The van der Waals surface area contributed by atoms with E-state index in [1.165, 1.54) is 11.8 Å². The lowest BCUT2D eigenvalue weighted by atomic mass is 10.1. The number of likely N-dealkylation sites (tertiary alicyclic amines) is 1. The molecule has 0 aromatic heterocycles. The first kappa shape index (κ1) is 28.6. The van der Waals surface area contributed by atoms with Gasteiger partial charge in [-0.3, -0.25) is 24.2 Å². The smallest absolute Gasteiger partial charge is 0.326 e. The minimum absolute atomic E-state index is 0.0166. The molecule has 4 amide bonds. The molecule has 0 spiro atoms. The van der Waals surface area contributed by atoms with Gasteiger partial charge < -0.3 is 48.7 Å². The first-order valence-corrected chi connectivity index (χ1v) is 10.8. The van der Waals surface area contributed by atoms with E-state index in [1.807, 2.05) is 0 Å². The lowest BCUT2D eigenvalue weighted by Crippen LogP contribution is -2.58. The third-order valence-corrected chi connectivity index (χ3v) is 5.24. The highest BCUT2D eigenvalue weighted by molar-refractivity contribution is 5.96. The van der Waals surface area contributed by atoms with Gasteiger partial charge >= 0.3 is 5.97 Å². The Kier molecular flexibility index (Phi) is 11.2. The first-order valence-electron chi connectivity index (χ1n) is 10.8. The van der Waals surface area contributed by atoms with E-state index in [0.717, 1.165) is 0 Å². The van der Waals surface area contributed by atoms with Gasteiger partial charge in [-0.2, -0.15) is 0 Å². The number of carbonyl (C=O) groups excluding carboxylic acids is 4. The van der Waals surface area contributed by atoms with Crippen molar-refractivity contribution in [3.8, 4) is 0 Å². The molecule has 1 rings (SSSR count). The number of amides is 4. The fraction of sp³-hybridized carbons (Fsp3) is 0.684. The van der Waals surface area contributed by atoms with Crippen LogP contribution in [0.4, 0.5) is 0 Å². The monoisotopic (exact) mass is 486 g/mol. The van der Waals surface area contributed by atoms with Gasteiger partial charge in [0.25, 0.3) is 0 Å². The van der Waals surface area contributed by atoms with E-state index in [4.69, 9.17) is 22.9 Å². The van der Waals surface area contributed by atoms with E-state index in [0.29, 0.717) is 6.42 Å². The molecule has 0 bridgehead atoms. The topological polar surface area (TPSA) is 270 Å². The van der Waals surface area contributed by atoms with Crippen molar-refractivity contribution < 1.29 is 34.2 Å². The van der Waals surface area contributed by atoms with Crippen LogP contribution in [0.15, 0.2) is 4.99 Å². The molecule has 192 valence electrons. The normalized spacial score (nSPS) is 18.8. The summed E-state index contributed by atoms with van der Waals surface area (Å²) in [6.07, 6.45) is -0.740. The van der Waals surface area contributed by atoms with Crippen molar-refractivity contribution in [2.75, 3.05) is 13.1 Å². The number of carboxylic acids is 1. The van der Waals surface area contributed by atoms with Crippen molar-refractivity contribution in [1.82, 2.24) is 15.5 Å². The second-order valence-electron chi connectivity index (χ2n) is 8.04. The zero-order chi connectivity index (χ0) is 26.0. The Labute approximate surface area is 196 Å². The molecule has 0 aromatic carbocycles. The van der Waals surface area contributed by atoms with E-state index in [2.05, 4.69) is 15.6 Å². The Morgan fingerprint density at radius 3 is 2.29 bits per heavy atom. The number of aliphatic imine (C=N–C) groups is 1. The summed E-state index contributed by atoms with van der Waals surface area (Å²) in [7, 11) is 0. The molecule has 1 aliphatic heterocycles. The molecule has 34 heavy (non-hydrogen) atoms. The van der Waals surface area contributed by atoms with Crippen molar-refractivity contribution >= 4 is 35.6 Å². The van der Waals surface area contributed by atoms with Crippen molar-refractivity contribution in [2.24, 2.45) is 27.9 Å². The zero-order valence-electron chi connectivity index (χ0n) is 19.0. The van der Waals surface area contributed by atoms with Gasteiger partial charge in [-0.05, 0) is 32.6 Å². The average Bonchev–Trinajstić information content (AvgIpc) is 3.23. The molecular formula is C19H34N8O7. The van der Waals surface area contributed by atoms with Crippen LogP contribution in [0.5, 0.6) is 0 Å². The molecule has 1 fully saturated rings. The molecule has 1 saturated heterocycles. The summed E-state index contributed by atoms with van der Waals surface area (Å²) in [5.41, 5.74) is 21.3. The number of aliphatic hydroxyl groups excluding tert-OH is 1. The summed E-state index contributed by atoms with van der Waals surface area (Å²) in [6.45, 7) is 1.71. The van der Waals surface area contributed by atoms with Crippen LogP contribution in [0.25, 0.3) is 0 Å². The highest BCUT2D eigenvalue weighted by atomic mass is 16.4. The standard InChI is InChI=1S/C19H34N8O7/c1-9(28)14(21)17(32)27-7-3-5-12(27)16(31)26-11(8-13(20)29)15(30)25-10(18(33)34)4-2-6-24-19(22)23/h9-12,14,28H,2-8,21H2,1H3,(H2,20,29)(H,25,30)(H,26,31)(H,33,34)(H4,22,23,24). The number of nitrogens with one attached hydrogen (secondary N) is 2. The minimum atomic E-state index is -1.47. The molecular weight excluding hydrogens is 452 g/mol. The molecule has 15 nitrogen and oxygen atoms in total. The summed E-state index contributed by atoms with van der Waals surface area (Å²) < 4.78 is 0. The van der Waals surface area contributed by atoms with Crippen LogP contribution in [0.2, 0.25) is 0 Å². The third kappa shape index (κ3) is 8.82. The Morgan fingerprint density at radius 2 is 1.76 bits per heavy atom. The molecule has 15 heteroatoms. The lowest BCUT2D eigenvalue weighted by molar-refractivity contribution is -0.144. The number of hydrogen-bond acceptors (Lipinski definition) is 8. The largest absolute Gasteiger partial charge is 0.480 e. The molecule has 0 aliphatic carbocycles. The molecule has 0 saturated carbocycles. The van der Waals surface area contributed by atoms with E-state index in [1.54, 1.807) is 0 Å². The van der Waals surface area contributed by atoms with E-state index in [-0.39, 0.29) is 38.3 Å². The van der Waals surface area contributed by atoms with Crippen LogP contribution in [-0.2, 0) is 24.0 Å². The number of aliphatic carboxylic acids is 1. The quantitative estimate of drug-likeness (QED) is 0.0704. The predicted molar refractivity (Wildman–Crippen MR) is 120 cm³/mol. The lowest BCUT2D eigenvalue weighted by Gasteiger charge is -2.29. The fourth-order valence-electron chi connectivity index (χ4n) is 3.41. The van der Waals surface area contributed by atoms with E-state index in [9.17, 15) is 34.2 Å². The van der Waals surface area contributed by atoms with Gasteiger partial charge in [0.05, 0.1) is 12.5 Å². The number of nitrogens with zero attached hydrogens (tertiary/aromatic N) is 2. The predicted octanol–water partition coefficient (Wildman–Crippen LogP) is -4.33. The minimum Gasteiger partial charge on any atom is -0.480 e. The van der Waals surface area contributed by atoms with Crippen LogP contribution >= 0.6 is 0 Å². The van der Waals surface area contributed by atoms with Crippen LogP contribution in [-0.4, -0.2) is 94.0 Å². The van der Waals surface area contributed by atoms with Crippen molar-refractivity contribution in [3.63, 3.8) is 0 Å². The number of rotatable bonds is 13. The maximum absolute atomic E-state index is 12.8. The SMILES string of the molecule is CC(O)C(N)C(=O)N1CCCC1C(=O)NC(CC(N)=O)C(=O)NC(CCCN=C(N)N)C(=O)O. The number of carbonyl (C=O) groups is 5. The van der Waals surface area contributed by atoms with Crippen LogP contribution in [0, 0.1) is 0 Å². The second kappa shape index (κ2) is 13.3.